The summed E-state index contributed by atoms with van der Waals surface area (Å²) in [7, 11) is -4.30. The molecule has 1 aliphatic carbocycles. The van der Waals surface area contributed by atoms with Gasteiger partial charge in [-0.25, -0.2) is 22.3 Å². The number of nitrogens with zero attached hydrogens (tertiary/aromatic N) is 1. The van der Waals surface area contributed by atoms with E-state index in [2.05, 4.69) is 0 Å². The number of amides is 2. The van der Waals surface area contributed by atoms with E-state index in [1.165, 1.54) is 24.3 Å². The van der Waals surface area contributed by atoms with Gasteiger partial charge in [-0.3, -0.25) is 4.79 Å². The van der Waals surface area contributed by atoms with Gasteiger partial charge >= 0.3 is 6.09 Å². The lowest BCUT2D eigenvalue weighted by atomic mass is 10.0. The number of nitrogens with one attached hydrogen (secondary N) is 1. The molecule has 0 atom stereocenters. The zero-order valence-electron chi connectivity index (χ0n) is 22.7. The number of carbonyl (C=O) groups excluding carboxylic acids is 2. The number of benzene rings is 2. The van der Waals surface area contributed by atoms with Crippen LogP contribution in [0, 0.1) is 17.7 Å². The van der Waals surface area contributed by atoms with E-state index in [0.29, 0.717) is 38.0 Å². The molecule has 1 aliphatic heterocycles. The van der Waals surface area contributed by atoms with E-state index >= 15 is 0 Å². The van der Waals surface area contributed by atoms with Gasteiger partial charge in [-0.2, -0.15) is 0 Å². The van der Waals surface area contributed by atoms with E-state index in [1.54, 1.807) is 25.7 Å². The average Bonchev–Trinajstić information content (AvgIpc) is 3.36. The Kier molecular flexibility index (Phi) is 9.14. The zero-order chi connectivity index (χ0) is 29.1. The first-order valence-electron chi connectivity index (χ1n) is 13.2. The van der Waals surface area contributed by atoms with Crippen LogP contribution in [0.1, 0.15) is 56.8 Å². The number of likely N-dealkylation sites (tertiary alicyclic amines) is 1. The molecule has 1 saturated heterocycles. The van der Waals surface area contributed by atoms with Gasteiger partial charge in [-0.1, -0.05) is 24.4 Å². The minimum Gasteiger partial charge on any atom is -0.493 e. The van der Waals surface area contributed by atoms with Crippen LogP contribution in [0.25, 0.3) is 0 Å². The molecule has 4 rings (SSSR count). The second-order valence-corrected chi connectivity index (χ2v) is 13.3. The molecule has 1 heterocycles. The molecule has 0 unspecified atom stereocenters. The summed E-state index contributed by atoms with van der Waals surface area (Å²) >= 11 is 6.19. The standard InChI is InChI=1S/C28H34ClFN2O7S/c1-28(2,3)39-27(34)32-14-19(15-32)17-37-20-8-10-21(11-9-20)40(35,36)31-26(33)22-12-23(29)25(13-24(22)30)38-16-18-6-4-5-7-18/h8-13,18-19H,4-7,14-17H2,1-3H3,(H,31,33). The van der Waals surface area contributed by atoms with Crippen molar-refractivity contribution >= 4 is 33.6 Å². The van der Waals surface area contributed by atoms with Gasteiger partial charge in [-0.05, 0) is 69.9 Å². The number of hydrogen-bond donors (Lipinski definition) is 1. The van der Waals surface area contributed by atoms with Crippen LogP contribution in [0.5, 0.6) is 11.5 Å². The maximum absolute atomic E-state index is 14.7. The van der Waals surface area contributed by atoms with Crippen molar-refractivity contribution in [3.8, 4) is 11.5 Å². The maximum Gasteiger partial charge on any atom is 0.410 e. The number of rotatable bonds is 9. The smallest absolute Gasteiger partial charge is 0.410 e. The van der Waals surface area contributed by atoms with Gasteiger partial charge in [0.1, 0.15) is 22.9 Å². The Bertz CT molecular complexity index is 1330. The summed E-state index contributed by atoms with van der Waals surface area (Å²) in [5.74, 6) is -1.05. The van der Waals surface area contributed by atoms with E-state index in [0.717, 1.165) is 37.8 Å². The van der Waals surface area contributed by atoms with Crippen LogP contribution >= 0.6 is 11.6 Å². The molecular formula is C28H34ClFN2O7S. The van der Waals surface area contributed by atoms with Crippen LogP contribution in [0.4, 0.5) is 9.18 Å². The number of hydrogen-bond acceptors (Lipinski definition) is 7. The Morgan fingerprint density at radius 1 is 1.02 bits per heavy atom. The van der Waals surface area contributed by atoms with Gasteiger partial charge in [0, 0.05) is 25.1 Å². The topological polar surface area (TPSA) is 111 Å². The lowest BCUT2D eigenvalue weighted by Gasteiger charge is -2.39. The van der Waals surface area contributed by atoms with E-state index in [9.17, 15) is 22.4 Å². The predicted octanol–water partition coefficient (Wildman–Crippen LogP) is 5.41. The molecule has 0 bridgehead atoms. The van der Waals surface area contributed by atoms with Crippen molar-refractivity contribution < 1.29 is 36.6 Å². The first-order valence-corrected chi connectivity index (χ1v) is 15.1. The van der Waals surface area contributed by atoms with Crippen LogP contribution in [0.2, 0.25) is 5.02 Å². The van der Waals surface area contributed by atoms with E-state index in [-0.39, 0.29) is 27.7 Å². The molecule has 2 aromatic carbocycles. The fraction of sp³-hybridized carbons (Fsp3) is 0.500. The highest BCUT2D eigenvalue weighted by molar-refractivity contribution is 7.90. The Hall–Kier alpha value is -3.05. The van der Waals surface area contributed by atoms with Crippen LogP contribution in [-0.2, 0) is 14.8 Å². The average molecular weight is 597 g/mol. The summed E-state index contributed by atoms with van der Waals surface area (Å²) in [4.78, 5) is 26.0. The molecule has 0 spiro atoms. The third-order valence-corrected chi connectivity index (χ3v) is 8.31. The van der Waals surface area contributed by atoms with Gasteiger partial charge in [0.15, 0.2) is 0 Å². The lowest BCUT2D eigenvalue weighted by molar-refractivity contribution is -0.00782. The Morgan fingerprint density at radius 3 is 2.27 bits per heavy atom. The molecule has 2 amide bonds. The molecule has 2 fully saturated rings. The molecule has 1 N–H and O–H groups in total. The van der Waals surface area contributed by atoms with Crippen molar-refractivity contribution in [2.45, 2.75) is 57.0 Å². The number of ether oxygens (including phenoxy) is 3. The molecule has 12 heteroatoms. The Balaban J connectivity index is 1.28. The van der Waals surface area contributed by atoms with Gasteiger partial charge in [0.25, 0.3) is 15.9 Å². The van der Waals surface area contributed by atoms with Gasteiger partial charge < -0.3 is 19.1 Å². The molecule has 2 aliphatic rings. The molecular weight excluding hydrogens is 563 g/mol. The van der Waals surface area contributed by atoms with Crippen LogP contribution in [0.3, 0.4) is 0 Å². The molecule has 0 radical (unpaired) electrons. The third-order valence-electron chi connectivity index (χ3n) is 6.67. The van der Waals surface area contributed by atoms with E-state index in [1.807, 2.05) is 4.72 Å². The number of sulfonamides is 1. The van der Waals surface area contributed by atoms with Gasteiger partial charge in [-0.15, -0.1) is 0 Å². The zero-order valence-corrected chi connectivity index (χ0v) is 24.3. The van der Waals surface area contributed by atoms with Crippen molar-refractivity contribution in [1.29, 1.82) is 0 Å². The van der Waals surface area contributed by atoms with Crippen LogP contribution in [-0.4, -0.2) is 57.2 Å². The lowest BCUT2D eigenvalue weighted by Crippen LogP contribution is -2.53. The SMILES string of the molecule is CC(C)(C)OC(=O)N1CC(COc2ccc(S(=O)(=O)NC(=O)c3cc(Cl)c(OCC4CCCC4)cc3F)cc2)C1. The fourth-order valence-corrected chi connectivity index (χ4v) is 5.70. The molecule has 0 aromatic heterocycles. The fourth-order valence-electron chi connectivity index (χ4n) is 4.51. The predicted molar refractivity (Wildman–Crippen MR) is 147 cm³/mol. The van der Waals surface area contributed by atoms with Crippen molar-refractivity contribution in [1.82, 2.24) is 9.62 Å². The highest BCUT2D eigenvalue weighted by Crippen LogP contribution is 2.31. The highest BCUT2D eigenvalue weighted by Gasteiger charge is 2.34. The summed E-state index contributed by atoms with van der Waals surface area (Å²) in [6.07, 6.45) is 3.99. The number of carbonyl (C=O) groups is 2. The molecule has 2 aromatic rings. The second-order valence-electron chi connectivity index (χ2n) is 11.2. The summed E-state index contributed by atoms with van der Waals surface area (Å²) in [5.41, 5.74) is -1.07. The Morgan fingerprint density at radius 2 is 1.65 bits per heavy atom. The van der Waals surface area contributed by atoms with Crippen molar-refractivity contribution in [2.24, 2.45) is 11.8 Å². The molecule has 40 heavy (non-hydrogen) atoms. The summed E-state index contributed by atoms with van der Waals surface area (Å²) in [6.45, 7) is 7.16. The second kappa shape index (κ2) is 12.2. The van der Waals surface area contributed by atoms with E-state index in [4.69, 9.17) is 25.8 Å². The van der Waals surface area contributed by atoms with Crippen molar-refractivity contribution in [3.05, 3.63) is 52.8 Å². The van der Waals surface area contributed by atoms with Crippen molar-refractivity contribution in [2.75, 3.05) is 26.3 Å². The summed E-state index contributed by atoms with van der Waals surface area (Å²) < 4.78 is 58.8. The normalized spacial score (nSPS) is 16.4. The van der Waals surface area contributed by atoms with Crippen molar-refractivity contribution in [3.63, 3.8) is 0 Å². The minimum absolute atomic E-state index is 0.0177. The first kappa shape index (κ1) is 29.9. The van der Waals surface area contributed by atoms with Gasteiger partial charge in [0.05, 0.1) is 28.7 Å². The quantitative estimate of drug-likeness (QED) is 0.412. The minimum atomic E-state index is -4.30. The van der Waals surface area contributed by atoms with Crippen LogP contribution in [0.15, 0.2) is 41.3 Å². The Labute approximate surface area is 239 Å². The summed E-state index contributed by atoms with van der Waals surface area (Å²) in [6, 6.07) is 7.53. The maximum atomic E-state index is 14.7. The molecule has 1 saturated carbocycles. The monoisotopic (exact) mass is 596 g/mol. The van der Waals surface area contributed by atoms with Gasteiger partial charge in [0.2, 0.25) is 0 Å². The number of halogens is 2. The highest BCUT2D eigenvalue weighted by atomic mass is 35.5. The first-order chi connectivity index (χ1) is 18.8. The third kappa shape index (κ3) is 7.78. The van der Waals surface area contributed by atoms with Crippen LogP contribution < -0.4 is 14.2 Å². The molecule has 9 nitrogen and oxygen atoms in total. The summed E-state index contributed by atoms with van der Waals surface area (Å²) in [5, 5.41) is 0.0177. The largest absolute Gasteiger partial charge is 0.493 e. The molecule has 218 valence electrons. The van der Waals surface area contributed by atoms with E-state index < -0.39 is 32.9 Å².